The minimum Gasteiger partial charge on any atom is -0.465 e. The summed E-state index contributed by atoms with van der Waals surface area (Å²) in [5.74, 6) is -1.29. The zero-order chi connectivity index (χ0) is 24.3. The summed E-state index contributed by atoms with van der Waals surface area (Å²) in [5, 5.41) is 0. The van der Waals surface area contributed by atoms with Crippen LogP contribution in [0.5, 0.6) is 0 Å². The van der Waals surface area contributed by atoms with Crippen LogP contribution in [0.2, 0.25) is 0 Å². The molecule has 0 saturated carbocycles. The van der Waals surface area contributed by atoms with Gasteiger partial charge in [-0.3, -0.25) is 9.59 Å². The summed E-state index contributed by atoms with van der Waals surface area (Å²) in [5.41, 5.74) is 2.45. The maximum absolute atomic E-state index is 13.3. The molecule has 1 unspecified atom stereocenters. The molecule has 0 aromatic heterocycles. The minimum atomic E-state index is -0.762. The number of piperidine rings is 1. The molecule has 6 heteroatoms. The van der Waals surface area contributed by atoms with Crippen LogP contribution in [0.4, 0.5) is 4.79 Å². The first kappa shape index (κ1) is 25.5. The molecule has 0 radical (unpaired) electrons. The van der Waals surface area contributed by atoms with Crippen LogP contribution >= 0.6 is 0 Å². The first-order valence-electron chi connectivity index (χ1n) is 12.2. The summed E-state index contributed by atoms with van der Waals surface area (Å²) < 4.78 is 10.1. The van der Waals surface area contributed by atoms with Crippen molar-refractivity contribution in [2.24, 2.45) is 11.8 Å². The van der Waals surface area contributed by atoms with E-state index in [9.17, 15) is 14.4 Å². The Morgan fingerprint density at radius 2 is 1.47 bits per heavy atom. The molecule has 0 bridgehead atoms. The second-order valence-corrected chi connectivity index (χ2v) is 8.74. The van der Waals surface area contributed by atoms with Crippen molar-refractivity contribution in [3.8, 4) is 0 Å². The highest BCUT2D eigenvalue weighted by Gasteiger charge is 2.36. The molecule has 2 aromatic carbocycles. The van der Waals surface area contributed by atoms with Crippen LogP contribution in [0, 0.1) is 11.8 Å². The monoisotopic (exact) mass is 465 g/mol. The average molecular weight is 466 g/mol. The Morgan fingerprint density at radius 1 is 0.912 bits per heavy atom. The molecule has 0 N–H and O–H groups in total. The number of Topliss-reactive ketones (excluding diaryl/α,β-unsaturated/α-hetero) is 1. The summed E-state index contributed by atoms with van der Waals surface area (Å²) in [7, 11) is 1.36. The molecular weight excluding hydrogens is 430 g/mol. The van der Waals surface area contributed by atoms with Gasteiger partial charge >= 0.3 is 12.1 Å². The minimum absolute atomic E-state index is 0.0565. The number of ketones is 1. The molecule has 0 aliphatic carbocycles. The van der Waals surface area contributed by atoms with Crippen molar-refractivity contribution in [1.29, 1.82) is 0 Å². The van der Waals surface area contributed by atoms with E-state index in [1.54, 1.807) is 11.8 Å². The van der Waals surface area contributed by atoms with Crippen LogP contribution in [-0.2, 0) is 19.1 Å². The molecule has 34 heavy (non-hydrogen) atoms. The molecule has 1 saturated heterocycles. The lowest BCUT2D eigenvalue weighted by Crippen LogP contribution is -2.42. The van der Waals surface area contributed by atoms with E-state index in [4.69, 9.17) is 9.47 Å². The average Bonchev–Trinajstić information content (AvgIpc) is 2.89. The molecule has 3 rings (SSSR count). The Balaban J connectivity index is 1.67. The lowest BCUT2D eigenvalue weighted by molar-refractivity contribution is -0.153. The van der Waals surface area contributed by atoms with E-state index < -0.39 is 11.9 Å². The normalized spacial score (nSPS) is 15.1. The van der Waals surface area contributed by atoms with E-state index in [1.807, 2.05) is 36.4 Å². The van der Waals surface area contributed by atoms with E-state index in [-0.39, 0.29) is 30.3 Å². The van der Waals surface area contributed by atoms with Gasteiger partial charge in [0.1, 0.15) is 11.7 Å². The molecule has 0 spiro atoms. The van der Waals surface area contributed by atoms with Crippen LogP contribution in [-0.4, -0.2) is 49.6 Å². The number of hydrogen-bond donors (Lipinski definition) is 0. The fourth-order valence-electron chi connectivity index (χ4n) is 4.80. The highest BCUT2D eigenvalue weighted by atomic mass is 16.5. The third-order valence-electron chi connectivity index (χ3n) is 6.63. The predicted octanol–water partition coefficient (Wildman–Crippen LogP) is 5.22. The Kier molecular flexibility index (Phi) is 9.68. The van der Waals surface area contributed by atoms with Gasteiger partial charge in [0.25, 0.3) is 0 Å². The zero-order valence-corrected chi connectivity index (χ0v) is 20.2. The number of ether oxygens (including phenoxy) is 2. The summed E-state index contributed by atoms with van der Waals surface area (Å²) >= 11 is 0. The molecule has 2 aromatic rings. The predicted molar refractivity (Wildman–Crippen MR) is 130 cm³/mol. The molecule has 1 heterocycles. The summed E-state index contributed by atoms with van der Waals surface area (Å²) in [6, 6.07) is 20.7. The van der Waals surface area contributed by atoms with Crippen molar-refractivity contribution in [3.05, 3.63) is 71.8 Å². The van der Waals surface area contributed by atoms with Crippen LogP contribution in [0.25, 0.3) is 0 Å². The van der Waals surface area contributed by atoms with Gasteiger partial charge in [0, 0.05) is 24.9 Å². The highest BCUT2D eigenvalue weighted by molar-refractivity contribution is 6.00. The van der Waals surface area contributed by atoms with Crippen molar-refractivity contribution in [3.63, 3.8) is 0 Å². The fourth-order valence-corrected chi connectivity index (χ4v) is 4.80. The van der Waals surface area contributed by atoms with Crippen molar-refractivity contribution in [1.82, 2.24) is 4.90 Å². The van der Waals surface area contributed by atoms with E-state index >= 15 is 0 Å². The van der Waals surface area contributed by atoms with Gasteiger partial charge in [0.15, 0.2) is 0 Å². The van der Waals surface area contributed by atoms with Gasteiger partial charge in [-0.15, -0.1) is 0 Å². The molecule has 182 valence electrons. The molecule has 1 aliphatic heterocycles. The number of amides is 1. The summed E-state index contributed by atoms with van der Waals surface area (Å²) in [6.45, 7) is 2.93. The van der Waals surface area contributed by atoms with Gasteiger partial charge < -0.3 is 14.4 Å². The lowest BCUT2D eigenvalue weighted by Gasteiger charge is -2.31. The molecule has 1 aliphatic rings. The van der Waals surface area contributed by atoms with Gasteiger partial charge in [0.05, 0.1) is 13.7 Å². The second-order valence-electron chi connectivity index (χ2n) is 8.74. The first-order chi connectivity index (χ1) is 16.5. The number of nitrogens with zero attached hydrogens (tertiary/aromatic N) is 1. The van der Waals surface area contributed by atoms with Gasteiger partial charge in [-0.05, 0) is 43.7 Å². The fraction of sp³-hybridized carbons (Fsp3) is 0.464. The number of likely N-dealkylation sites (tertiary alicyclic amines) is 1. The van der Waals surface area contributed by atoms with Crippen LogP contribution in [0.15, 0.2) is 60.7 Å². The zero-order valence-electron chi connectivity index (χ0n) is 20.2. The first-order valence-corrected chi connectivity index (χ1v) is 12.2. The Morgan fingerprint density at radius 3 is 1.97 bits per heavy atom. The van der Waals surface area contributed by atoms with Crippen LogP contribution in [0.1, 0.15) is 56.1 Å². The highest BCUT2D eigenvalue weighted by Crippen LogP contribution is 2.32. The van der Waals surface area contributed by atoms with Crippen LogP contribution in [0.3, 0.4) is 0 Å². The van der Waals surface area contributed by atoms with E-state index in [0.717, 1.165) is 12.8 Å². The van der Waals surface area contributed by atoms with Crippen molar-refractivity contribution >= 4 is 17.8 Å². The van der Waals surface area contributed by atoms with E-state index in [0.29, 0.717) is 32.4 Å². The number of rotatable bonds is 10. The van der Waals surface area contributed by atoms with E-state index in [1.165, 1.54) is 18.2 Å². The standard InChI is InChI=1S/C28H35NO5/c1-3-34-27(31)25(26(30)23-17-19-29(20-18-23)28(32)33-2)16-10-15-24(21-11-6-4-7-12-21)22-13-8-5-9-14-22/h4-9,11-14,23-25H,3,10,15-20H2,1-2H3. The number of esters is 1. The maximum Gasteiger partial charge on any atom is 0.409 e. The second kappa shape index (κ2) is 12.9. The quantitative estimate of drug-likeness (QED) is 0.355. The van der Waals surface area contributed by atoms with Gasteiger partial charge in [-0.1, -0.05) is 67.1 Å². The Bertz CT molecular complexity index is 883. The number of carbonyl (C=O) groups is 3. The molecular formula is C28H35NO5. The Hall–Kier alpha value is -3.15. The number of methoxy groups -OCH3 is 1. The Labute approximate surface area is 202 Å². The molecule has 1 atom stereocenters. The van der Waals surface area contributed by atoms with E-state index in [2.05, 4.69) is 24.3 Å². The largest absolute Gasteiger partial charge is 0.465 e. The van der Waals surface area contributed by atoms with Crippen molar-refractivity contribution < 1.29 is 23.9 Å². The van der Waals surface area contributed by atoms with Gasteiger partial charge in [-0.2, -0.15) is 0 Å². The third-order valence-corrected chi connectivity index (χ3v) is 6.63. The smallest absolute Gasteiger partial charge is 0.409 e. The summed E-state index contributed by atoms with van der Waals surface area (Å²) in [6.07, 6.45) is 2.73. The SMILES string of the molecule is CCOC(=O)C(CCCC(c1ccccc1)c1ccccc1)C(=O)C1CCN(C(=O)OC)CC1. The molecule has 1 fully saturated rings. The third kappa shape index (κ3) is 6.69. The topological polar surface area (TPSA) is 72.9 Å². The number of benzene rings is 2. The van der Waals surface area contributed by atoms with Gasteiger partial charge in [-0.25, -0.2) is 4.79 Å². The van der Waals surface area contributed by atoms with Crippen molar-refractivity contribution in [2.45, 2.75) is 44.9 Å². The molecule has 1 amide bonds. The van der Waals surface area contributed by atoms with Gasteiger partial charge in [0.2, 0.25) is 0 Å². The summed E-state index contributed by atoms with van der Waals surface area (Å²) in [4.78, 5) is 39.4. The number of carbonyl (C=O) groups excluding carboxylic acids is 3. The van der Waals surface area contributed by atoms with Crippen LogP contribution < -0.4 is 0 Å². The maximum atomic E-state index is 13.3. The van der Waals surface area contributed by atoms with Crippen molar-refractivity contribution in [2.75, 3.05) is 26.8 Å². The lowest BCUT2D eigenvalue weighted by atomic mass is 9.81. The molecule has 6 nitrogen and oxygen atoms in total. The number of hydrogen-bond acceptors (Lipinski definition) is 5.